The fourth-order valence-corrected chi connectivity index (χ4v) is 7.59. The highest BCUT2D eigenvalue weighted by atomic mass is 16.7. The second-order valence-corrected chi connectivity index (χ2v) is 14.5. The minimum Gasteiger partial charge on any atom is -0.462 e. The van der Waals surface area contributed by atoms with Gasteiger partial charge < -0.3 is 14.4 Å². The first-order valence-corrected chi connectivity index (χ1v) is 15.5. The first-order chi connectivity index (χ1) is 18.4. The van der Waals surface area contributed by atoms with Gasteiger partial charge in [-0.2, -0.15) is 5.06 Å². The van der Waals surface area contributed by atoms with Crippen molar-refractivity contribution in [1.29, 1.82) is 0 Å². The number of unbranched alkanes of at least 4 members (excludes halogenated alkanes) is 5. The molecule has 2 aliphatic rings. The van der Waals surface area contributed by atoms with E-state index in [1.807, 2.05) is 39.5 Å². The Hall–Kier alpha value is -1.67. The number of carbonyl (C=O) groups is 3. The van der Waals surface area contributed by atoms with Crippen molar-refractivity contribution in [2.75, 3.05) is 6.61 Å². The Labute approximate surface area is 243 Å². The SMILES string of the molecule is CCON1C(C)(C)CC(OC(=O)CCCCCCCCC(=O)OC2CC(C)(C)N(C(C)=O)C(C)(C)C2)CC1(C)C. The molecule has 8 nitrogen and oxygen atoms in total. The molecule has 2 aliphatic heterocycles. The molecule has 0 aliphatic carbocycles. The molecule has 0 atom stereocenters. The number of nitrogens with zero attached hydrogens (tertiary/aromatic N) is 2. The quantitative estimate of drug-likeness (QED) is 0.180. The molecule has 232 valence electrons. The normalized spacial score (nSPS) is 22.6. The summed E-state index contributed by atoms with van der Waals surface area (Å²) in [6, 6.07) is 0. The standard InChI is InChI=1S/C32H58N2O6/c1-11-38-34-31(7,8)22-26(23-32(34,9)10)40-28(37)19-17-15-13-12-14-16-18-27(36)39-25-20-29(3,4)33(24(2)35)30(5,6)21-25/h25-26H,11-23H2,1-10H3. The number of amides is 1. The number of hydrogen-bond acceptors (Lipinski definition) is 7. The van der Waals surface area contributed by atoms with E-state index >= 15 is 0 Å². The Kier molecular flexibility index (Phi) is 12.1. The predicted molar refractivity (Wildman–Crippen MR) is 157 cm³/mol. The van der Waals surface area contributed by atoms with Crippen LogP contribution in [-0.2, 0) is 28.7 Å². The molecule has 0 N–H and O–H groups in total. The van der Waals surface area contributed by atoms with Gasteiger partial charge in [-0.1, -0.05) is 25.7 Å². The largest absolute Gasteiger partial charge is 0.462 e. The van der Waals surface area contributed by atoms with E-state index in [1.165, 1.54) is 0 Å². The summed E-state index contributed by atoms with van der Waals surface area (Å²) in [5.74, 6) is -0.192. The lowest BCUT2D eigenvalue weighted by Crippen LogP contribution is -2.63. The zero-order valence-corrected chi connectivity index (χ0v) is 27.2. The first-order valence-electron chi connectivity index (χ1n) is 15.5. The van der Waals surface area contributed by atoms with Gasteiger partial charge in [-0.3, -0.25) is 19.2 Å². The summed E-state index contributed by atoms with van der Waals surface area (Å²) in [7, 11) is 0. The van der Waals surface area contributed by atoms with Crippen LogP contribution in [0.2, 0.25) is 0 Å². The molecular weight excluding hydrogens is 508 g/mol. The molecule has 2 rings (SSSR count). The Morgan fingerprint density at radius 1 is 0.625 bits per heavy atom. The minimum atomic E-state index is -0.348. The number of ether oxygens (including phenoxy) is 2. The van der Waals surface area contributed by atoms with Crippen molar-refractivity contribution in [3.63, 3.8) is 0 Å². The Balaban J connectivity index is 1.59. The molecule has 2 fully saturated rings. The average Bonchev–Trinajstić information content (AvgIpc) is 2.75. The van der Waals surface area contributed by atoms with Crippen molar-refractivity contribution in [1.82, 2.24) is 9.96 Å². The molecule has 0 unspecified atom stereocenters. The number of likely N-dealkylation sites (tertiary alicyclic amines) is 1. The Bertz CT molecular complexity index is 829. The van der Waals surface area contributed by atoms with Crippen molar-refractivity contribution in [3.05, 3.63) is 0 Å². The second kappa shape index (κ2) is 14.0. The fraction of sp³-hybridized carbons (Fsp3) is 0.906. The molecule has 40 heavy (non-hydrogen) atoms. The van der Waals surface area contributed by atoms with E-state index < -0.39 is 0 Å². The minimum absolute atomic E-state index is 0.0587. The van der Waals surface area contributed by atoms with Crippen LogP contribution in [0.5, 0.6) is 0 Å². The highest BCUT2D eigenvalue weighted by molar-refractivity contribution is 5.75. The molecule has 0 bridgehead atoms. The third-order valence-electron chi connectivity index (χ3n) is 8.40. The zero-order valence-electron chi connectivity index (χ0n) is 27.2. The van der Waals surface area contributed by atoms with Gasteiger partial charge in [-0.15, -0.1) is 0 Å². The van der Waals surface area contributed by atoms with Crippen LogP contribution in [0.1, 0.15) is 146 Å². The fourth-order valence-electron chi connectivity index (χ4n) is 7.59. The van der Waals surface area contributed by atoms with Gasteiger partial charge >= 0.3 is 11.9 Å². The summed E-state index contributed by atoms with van der Waals surface area (Å²) in [5.41, 5.74) is -1.09. The summed E-state index contributed by atoms with van der Waals surface area (Å²) in [6.07, 6.45) is 9.15. The van der Waals surface area contributed by atoms with Crippen LogP contribution in [0.25, 0.3) is 0 Å². The van der Waals surface area contributed by atoms with E-state index in [0.717, 1.165) is 51.4 Å². The van der Waals surface area contributed by atoms with Gasteiger partial charge in [0.05, 0.1) is 6.61 Å². The van der Waals surface area contributed by atoms with Gasteiger partial charge in [0.15, 0.2) is 0 Å². The van der Waals surface area contributed by atoms with Crippen molar-refractivity contribution in [3.8, 4) is 0 Å². The van der Waals surface area contributed by atoms with Crippen LogP contribution in [0.4, 0.5) is 0 Å². The third-order valence-corrected chi connectivity index (χ3v) is 8.40. The highest BCUT2D eigenvalue weighted by Gasteiger charge is 2.48. The topological polar surface area (TPSA) is 85.4 Å². The lowest BCUT2D eigenvalue weighted by molar-refractivity contribution is -0.290. The van der Waals surface area contributed by atoms with Crippen LogP contribution >= 0.6 is 0 Å². The Morgan fingerprint density at radius 2 is 0.975 bits per heavy atom. The average molecular weight is 567 g/mol. The molecule has 8 heteroatoms. The van der Waals surface area contributed by atoms with E-state index in [1.54, 1.807) is 6.92 Å². The van der Waals surface area contributed by atoms with E-state index in [0.29, 0.717) is 32.3 Å². The molecule has 0 aromatic heterocycles. The first kappa shape index (κ1) is 34.5. The van der Waals surface area contributed by atoms with E-state index in [2.05, 4.69) is 32.8 Å². The number of piperidine rings is 2. The Morgan fingerprint density at radius 3 is 1.32 bits per heavy atom. The number of carbonyl (C=O) groups excluding carboxylic acids is 3. The van der Waals surface area contributed by atoms with Crippen molar-refractivity contribution in [2.45, 2.75) is 181 Å². The molecule has 2 saturated heterocycles. The van der Waals surface area contributed by atoms with Crippen LogP contribution in [0, 0.1) is 0 Å². The molecule has 0 aromatic rings. The van der Waals surface area contributed by atoms with Crippen molar-refractivity contribution in [2.24, 2.45) is 0 Å². The van der Waals surface area contributed by atoms with E-state index in [4.69, 9.17) is 14.3 Å². The highest BCUT2D eigenvalue weighted by Crippen LogP contribution is 2.41. The summed E-state index contributed by atoms with van der Waals surface area (Å²) in [5, 5.41) is 2.07. The molecule has 0 spiro atoms. The summed E-state index contributed by atoms with van der Waals surface area (Å²) in [6.45, 7) is 21.0. The number of hydrogen-bond donors (Lipinski definition) is 0. The lowest BCUT2D eigenvalue weighted by Gasteiger charge is -2.54. The van der Waals surface area contributed by atoms with Crippen molar-refractivity contribution < 1.29 is 28.7 Å². The van der Waals surface area contributed by atoms with Gasteiger partial charge in [0.1, 0.15) is 12.2 Å². The van der Waals surface area contributed by atoms with Gasteiger partial charge in [-0.25, -0.2) is 0 Å². The van der Waals surface area contributed by atoms with E-state index in [9.17, 15) is 14.4 Å². The predicted octanol–water partition coefficient (Wildman–Crippen LogP) is 6.73. The summed E-state index contributed by atoms with van der Waals surface area (Å²) < 4.78 is 11.7. The van der Waals surface area contributed by atoms with Gasteiger partial charge in [0.25, 0.3) is 0 Å². The van der Waals surface area contributed by atoms with Crippen LogP contribution in [-0.4, -0.2) is 68.8 Å². The van der Waals surface area contributed by atoms with Crippen LogP contribution < -0.4 is 0 Å². The molecule has 1 amide bonds. The summed E-state index contributed by atoms with van der Waals surface area (Å²) in [4.78, 5) is 45.0. The number of rotatable bonds is 13. The van der Waals surface area contributed by atoms with Gasteiger partial charge in [0.2, 0.25) is 5.91 Å². The van der Waals surface area contributed by atoms with Crippen LogP contribution in [0.3, 0.4) is 0 Å². The molecule has 2 heterocycles. The lowest BCUT2D eigenvalue weighted by atomic mass is 9.78. The maximum Gasteiger partial charge on any atom is 0.306 e. The smallest absolute Gasteiger partial charge is 0.306 e. The van der Waals surface area contributed by atoms with Crippen molar-refractivity contribution >= 4 is 17.8 Å². The second-order valence-electron chi connectivity index (χ2n) is 14.5. The van der Waals surface area contributed by atoms with E-state index in [-0.39, 0.29) is 52.2 Å². The third kappa shape index (κ3) is 9.71. The summed E-state index contributed by atoms with van der Waals surface area (Å²) >= 11 is 0. The molecule has 0 saturated carbocycles. The number of hydroxylamine groups is 2. The monoisotopic (exact) mass is 566 g/mol. The maximum absolute atomic E-state index is 12.5. The molecule has 0 aromatic carbocycles. The number of esters is 2. The van der Waals surface area contributed by atoms with Gasteiger partial charge in [0, 0.05) is 67.6 Å². The van der Waals surface area contributed by atoms with Gasteiger partial charge in [-0.05, 0) is 75.2 Å². The van der Waals surface area contributed by atoms with Crippen LogP contribution in [0.15, 0.2) is 0 Å². The maximum atomic E-state index is 12.5. The zero-order chi connectivity index (χ0) is 30.4. The molecule has 0 radical (unpaired) electrons. The molecular formula is C32H58N2O6.